The van der Waals surface area contributed by atoms with E-state index in [-0.39, 0.29) is 23.3 Å². The molecule has 0 aliphatic heterocycles. The highest BCUT2D eigenvalue weighted by Crippen LogP contribution is 2.40. The Bertz CT molecular complexity index is 862. The van der Waals surface area contributed by atoms with Crippen LogP contribution in [0.15, 0.2) is 48.5 Å². The number of esters is 1. The molecule has 26 heavy (non-hydrogen) atoms. The summed E-state index contributed by atoms with van der Waals surface area (Å²) in [5, 5.41) is 5.56. The average Bonchev–Trinajstić information content (AvgIpc) is 3.42. The maximum absolute atomic E-state index is 12.4. The summed E-state index contributed by atoms with van der Waals surface area (Å²) < 4.78 is 4.72. The van der Waals surface area contributed by atoms with Crippen LogP contribution in [0, 0.1) is 18.8 Å². The van der Waals surface area contributed by atoms with Crippen molar-refractivity contribution in [2.24, 2.45) is 11.8 Å². The monoisotopic (exact) mass is 352 g/mol. The predicted molar refractivity (Wildman–Crippen MR) is 97.8 cm³/mol. The summed E-state index contributed by atoms with van der Waals surface area (Å²) in [4.78, 5) is 36.5. The second-order valence-corrected chi connectivity index (χ2v) is 6.33. The number of carbonyl (C=O) groups is 3. The summed E-state index contributed by atoms with van der Waals surface area (Å²) in [6.45, 7) is 1.95. The van der Waals surface area contributed by atoms with Gasteiger partial charge in [0, 0.05) is 5.69 Å². The number of benzene rings is 2. The lowest BCUT2D eigenvalue weighted by molar-refractivity contribution is -0.122. The van der Waals surface area contributed by atoms with Crippen molar-refractivity contribution in [1.29, 1.82) is 0 Å². The van der Waals surface area contributed by atoms with Gasteiger partial charge in [-0.1, -0.05) is 24.3 Å². The Balaban J connectivity index is 1.61. The molecule has 0 aromatic heterocycles. The first-order chi connectivity index (χ1) is 12.5. The van der Waals surface area contributed by atoms with E-state index in [1.54, 1.807) is 24.3 Å². The average molecular weight is 352 g/mol. The Kier molecular flexibility index (Phi) is 5.02. The third kappa shape index (κ3) is 3.91. The van der Waals surface area contributed by atoms with Crippen molar-refractivity contribution >= 4 is 29.2 Å². The topological polar surface area (TPSA) is 84.5 Å². The van der Waals surface area contributed by atoms with E-state index in [4.69, 9.17) is 4.74 Å². The normalized spacial score (nSPS) is 17.9. The lowest BCUT2D eigenvalue weighted by Crippen LogP contribution is -2.21. The molecule has 2 unspecified atom stereocenters. The van der Waals surface area contributed by atoms with Crippen molar-refractivity contribution in [3.63, 3.8) is 0 Å². The molecule has 0 radical (unpaired) electrons. The summed E-state index contributed by atoms with van der Waals surface area (Å²) in [5.74, 6) is -1.72. The van der Waals surface area contributed by atoms with Crippen molar-refractivity contribution in [2.75, 3.05) is 17.7 Å². The number of aryl methyl sites for hydroxylation is 1. The number of hydrogen-bond donors (Lipinski definition) is 2. The first kappa shape index (κ1) is 17.7. The van der Waals surface area contributed by atoms with E-state index in [2.05, 4.69) is 10.6 Å². The van der Waals surface area contributed by atoms with Crippen molar-refractivity contribution in [2.45, 2.75) is 13.3 Å². The van der Waals surface area contributed by atoms with E-state index < -0.39 is 11.9 Å². The van der Waals surface area contributed by atoms with Crippen LogP contribution >= 0.6 is 0 Å². The molecule has 6 heteroatoms. The molecule has 6 nitrogen and oxygen atoms in total. The van der Waals surface area contributed by atoms with Gasteiger partial charge in [0.2, 0.25) is 11.8 Å². The Morgan fingerprint density at radius 3 is 2.35 bits per heavy atom. The summed E-state index contributed by atoms with van der Waals surface area (Å²) in [6, 6.07) is 14.1. The van der Waals surface area contributed by atoms with E-state index in [9.17, 15) is 14.4 Å². The molecule has 0 heterocycles. The summed E-state index contributed by atoms with van der Waals surface area (Å²) in [5.41, 5.74) is 2.43. The SMILES string of the molecule is COC(=O)c1ccccc1NC(=O)C1CC1C(=O)Nc1cccc(C)c1. The predicted octanol–water partition coefficient (Wildman–Crippen LogP) is 2.99. The van der Waals surface area contributed by atoms with Gasteiger partial charge in [0.15, 0.2) is 0 Å². The van der Waals surface area contributed by atoms with Crippen LogP contribution in [0.4, 0.5) is 11.4 Å². The molecule has 0 bridgehead atoms. The number of rotatable bonds is 5. The lowest BCUT2D eigenvalue weighted by Gasteiger charge is -2.09. The van der Waals surface area contributed by atoms with Gasteiger partial charge in [-0.3, -0.25) is 9.59 Å². The molecule has 1 aliphatic carbocycles. The van der Waals surface area contributed by atoms with Crippen LogP contribution in [0.25, 0.3) is 0 Å². The molecule has 2 aromatic rings. The van der Waals surface area contributed by atoms with Crippen molar-refractivity contribution in [3.05, 3.63) is 59.7 Å². The maximum atomic E-state index is 12.4. The third-order valence-electron chi connectivity index (χ3n) is 4.34. The standard InChI is InChI=1S/C20H20N2O4/c1-12-6-5-7-13(10-12)21-18(23)15-11-16(15)19(24)22-17-9-4-3-8-14(17)20(25)26-2/h3-10,15-16H,11H2,1-2H3,(H,21,23)(H,22,24). The van der Waals surface area contributed by atoms with E-state index in [0.29, 0.717) is 12.1 Å². The molecule has 1 aliphatic rings. The fraction of sp³-hybridized carbons (Fsp3) is 0.250. The summed E-state index contributed by atoms with van der Waals surface area (Å²) in [7, 11) is 1.29. The van der Waals surface area contributed by atoms with Gasteiger partial charge in [-0.25, -0.2) is 4.79 Å². The smallest absolute Gasteiger partial charge is 0.339 e. The number of methoxy groups -OCH3 is 1. The first-order valence-corrected chi connectivity index (χ1v) is 8.35. The largest absolute Gasteiger partial charge is 0.465 e. The molecular weight excluding hydrogens is 332 g/mol. The Hall–Kier alpha value is -3.15. The van der Waals surface area contributed by atoms with Gasteiger partial charge >= 0.3 is 5.97 Å². The minimum absolute atomic E-state index is 0.169. The molecule has 2 N–H and O–H groups in total. The van der Waals surface area contributed by atoms with Crippen LogP contribution in [0.3, 0.4) is 0 Å². The van der Waals surface area contributed by atoms with Gasteiger partial charge in [-0.15, -0.1) is 0 Å². The molecule has 2 amide bonds. The van der Waals surface area contributed by atoms with Gasteiger partial charge in [0.1, 0.15) is 0 Å². The van der Waals surface area contributed by atoms with Gasteiger partial charge in [0.05, 0.1) is 30.2 Å². The fourth-order valence-electron chi connectivity index (χ4n) is 2.84. The van der Waals surface area contributed by atoms with Crippen LogP contribution in [-0.4, -0.2) is 24.9 Å². The van der Waals surface area contributed by atoms with Crippen molar-refractivity contribution in [1.82, 2.24) is 0 Å². The fourth-order valence-corrected chi connectivity index (χ4v) is 2.84. The molecule has 2 aromatic carbocycles. The molecular formula is C20H20N2O4. The number of ether oxygens (including phenoxy) is 1. The number of anilines is 2. The second-order valence-electron chi connectivity index (χ2n) is 6.33. The highest BCUT2D eigenvalue weighted by Gasteiger charge is 2.48. The Labute approximate surface area is 151 Å². The zero-order chi connectivity index (χ0) is 18.7. The van der Waals surface area contributed by atoms with Gasteiger partial charge in [-0.05, 0) is 43.2 Å². The lowest BCUT2D eigenvalue weighted by atomic mass is 10.1. The summed E-state index contributed by atoms with van der Waals surface area (Å²) >= 11 is 0. The Morgan fingerprint density at radius 1 is 0.962 bits per heavy atom. The van der Waals surface area contributed by atoms with E-state index >= 15 is 0 Å². The number of carbonyl (C=O) groups excluding carboxylic acids is 3. The second kappa shape index (κ2) is 7.39. The highest BCUT2D eigenvalue weighted by atomic mass is 16.5. The molecule has 1 saturated carbocycles. The van der Waals surface area contributed by atoms with Crippen molar-refractivity contribution < 1.29 is 19.1 Å². The van der Waals surface area contributed by atoms with Crippen LogP contribution in [0.1, 0.15) is 22.3 Å². The van der Waals surface area contributed by atoms with Crippen LogP contribution in [-0.2, 0) is 14.3 Å². The zero-order valence-corrected chi connectivity index (χ0v) is 14.6. The maximum Gasteiger partial charge on any atom is 0.339 e. The van der Waals surface area contributed by atoms with Gasteiger partial charge < -0.3 is 15.4 Å². The number of para-hydroxylation sites is 1. The highest BCUT2D eigenvalue weighted by molar-refractivity contribution is 6.06. The quantitative estimate of drug-likeness (QED) is 0.810. The molecule has 0 spiro atoms. The number of nitrogens with one attached hydrogen (secondary N) is 2. The molecule has 2 atom stereocenters. The Morgan fingerprint density at radius 2 is 1.65 bits per heavy atom. The third-order valence-corrected chi connectivity index (χ3v) is 4.34. The minimum atomic E-state index is -0.523. The molecule has 134 valence electrons. The van der Waals surface area contributed by atoms with E-state index in [1.807, 2.05) is 31.2 Å². The number of amides is 2. The summed E-state index contributed by atoms with van der Waals surface area (Å²) in [6.07, 6.45) is 0.490. The zero-order valence-electron chi connectivity index (χ0n) is 14.6. The van der Waals surface area contributed by atoms with Crippen LogP contribution in [0.5, 0.6) is 0 Å². The van der Waals surface area contributed by atoms with Gasteiger partial charge in [0.25, 0.3) is 0 Å². The van der Waals surface area contributed by atoms with Crippen molar-refractivity contribution in [3.8, 4) is 0 Å². The van der Waals surface area contributed by atoms with E-state index in [0.717, 1.165) is 11.3 Å². The van der Waals surface area contributed by atoms with Crippen LogP contribution in [0.2, 0.25) is 0 Å². The van der Waals surface area contributed by atoms with Gasteiger partial charge in [-0.2, -0.15) is 0 Å². The van der Waals surface area contributed by atoms with E-state index in [1.165, 1.54) is 7.11 Å². The first-order valence-electron chi connectivity index (χ1n) is 8.35. The molecule has 3 rings (SSSR count). The molecule has 0 saturated heterocycles. The molecule has 1 fully saturated rings. The van der Waals surface area contributed by atoms with Crippen LogP contribution < -0.4 is 10.6 Å². The minimum Gasteiger partial charge on any atom is -0.465 e. The number of hydrogen-bond acceptors (Lipinski definition) is 4.